The van der Waals surface area contributed by atoms with E-state index >= 15 is 0 Å². The lowest BCUT2D eigenvalue weighted by molar-refractivity contribution is 0.0683. The second-order valence-corrected chi connectivity index (χ2v) is 4.91. The molecular formula is C13H17N3O3. The molecule has 0 atom stereocenters. The molecular weight excluding hydrogens is 246 g/mol. The molecule has 1 aliphatic rings. The van der Waals surface area contributed by atoms with Crippen molar-refractivity contribution in [1.82, 2.24) is 14.7 Å². The average molecular weight is 263 g/mol. The maximum Gasteiger partial charge on any atom is 0.354 e. The van der Waals surface area contributed by atoms with Crippen molar-refractivity contribution in [2.45, 2.75) is 19.3 Å². The zero-order chi connectivity index (χ0) is 14.2. The van der Waals surface area contributed by atoms with Gasteiger partial charge in [-0.25, -0.2) is 4.79 Å². The van der Waals surface area contributed by atoms with Gasteiger partial charge in [-0.2, -0.15) is 5.10 Å². The van der Waals surface area contributed by atoms with Crippen LogP contribution in [0.15, 0.2) is 11.8 Å². The van der Waals surface area contributed by atoms with Crippen molar-refractivity contribution >= 4 is 11.8 Å². The Morgan fingerprint density at radius 1 is 1.42 bits per heavy atom. The molecule has 0 saturated carbocycles. The van der Waals surface area contributed by atoms with Crippen LogP contribution >= 0.6 is 0 Å². The van der Waals surface area contributed by atoms with Gasteiger partial charge < -0.3 is 10.0 Å². The van der Waals surface area contributed by atoms with E-state index in [4.69, 9.17) is 0 Å². The van der Waals surface area contributed by atoms with Gasteiger partial charge in [0.15, 0.2) is 0 Å². The molecule has 19 heavy (non-hydrogen) atoms. The molecule has 0 aliphatic heterocycles. The number of carbonyl (C=O) groups excluding carboxylic acids is 1. The second kappa shape index (κ2) is 4.87. The summed E-state index contributed by atoms with van der Waals surface area (Å²) in [5.41, 5.74) is 1.64. The van der Waals surface area contributed by atoms with E-state index in [1.165, 1.54) is 4.68 Å². The number of ketones is 1. The number of Topliss-reactive ketones (excluding diaryl/α,β-unsaturated/α-hetero) is 1. The van der Waals surface area contributed by atoms with Crippen molar-refractivity contribution in [2.24, 2.45) is 7.05 Å². The van der Waals surface area contributed by atoms with Gasteiger partial charge >= 0.3 is 5.97 Å². The van der Waals surface area contributed by atoms with Gasteiger partial charge in [0, 0.05) is 38.5 Å². The molecule has 1 heterocycles. The first-order valence-corrected chi connectivity index (χ1v) is 6.12. The molecule has 1 aliphatic carbocycles. The van der Waals surface area contributed by atoms with Crippen LogP contribution in [0.1, 0.15) is 39.4 Å². The van der Waals surface area contributed by atoms with Crippen molar-refractivity contribution in [3.05, 3.63) is 28.7 Å². The van der Waals surface area contributed by atoms with Gasteiger partial charge in [0.1, 0.15) is 11.4 Å². The van der Waals surface area contributed by atoms with Gasteiger partial charge in [-0.3, -0.25) is 9.48 Å². The Morgan fingerprint density at radius 3 is 2.68 bits per heavy atom. The molecule has 0 amide bonds. The van der Waals surface area contributed by atoms with Crippen LogP contribution in [0, 0.1) is 0 Å². The topological polar surface area (TPSA) is 75.4 Å². The van der Waals surface area contributed by atoms with E-state index in [9.17, 15) is 14.7 Å². The molecule has 0 aromatic carbocycles. The normalized spacial score (nSPS) is 17.2. The first kappa shape index (κ1) is 13.3. The number of carboxylic acid groups (broad SMARTS) is 1. The summed E-state index contributed by atoms with van der Waals surface area (Å²) < 4.78 is 1.28. The third-order valence-electron chi connectivity index (χ3n) is 3.14. The van der Waals surface area contributed by atoms with Crippen LogP contribution in [0.25, 0.3) is 0 Å². The standard InChI is InChI=1S/C13H17N3O3/c1-15(2)7-8-5-4-6-9-10(12(8)17)14-16(3)11(9)13(18)19/h7H,4-6H2,1-3H3,(H,18,19). The fourth-order valence-electron chi connectivity index (χ4n) is 2.41. The summed E-state index contributed by atoms with van der Waals surface area (Å²) in [6, 6.07) is 0. The number of rotatable bonds is 2. The van der Waals surface area contributed by atoms with E-state index in [1.807, 2.05) is 19.0 Å². The van der Waals surface area contributed by atoms with Gasteiger partial charge in [-0.15, -0.1) is 0 Å². The molecule has 1 N–H and O–H groups in total. The predicted octanol–water partition coefficient (Wildman–Crippen LogP) is 1.08. The maximum atomic E-state index is 12.4. The largest absolute Gasteiger partial charge is 0.477 e. The number of allylic oxidation sites excluding steroid dienone is 1. The Kier molecular flexibility index (Phi) is 3.42. The highest BCUT2D eigenvalue weighted by Gasteiger charge is 2.29. The summed E-state index contributed by atoms with van der Waals surface area (Å²) in [5.74, 6) is -1.20. The molecule has 1 aromatic heterocycles. The van der Waals surface area contributed by atoms with Crippen LogP contribution in [-0.4, -0.2) is 45.6 Å². The Labute approximate surface area is 111 Å². The minimum absolute atomic E-state index is 0.120. The molecule has 2 rings (SSSR count). The molecule has 6 heteroatoms. The first-order chi connectivity index (χ1) is 8.91. The summed E-state index contributed by atoms with van der Waals surface area (Å²) in [5, 5.41) is 13.3. The van der Waals surface area contributed by atoms with Gasteiger partial charge in [-0.1, -0.05) is 0 Å². The number of carboxylic acids is 1. The lowest BCUT2D eigenvalue weighted by Crippen LogP contribution is -2.10. The molecule has 0 radical (unpaired) electrons. The van der Waals surface area contributed by atoms with Crippen molar-refractivity contribution < 1.29 is 14.7 Å². The predicted molar refractivity (Wildman–Crippen MR) is 69.2 cm³/mol. The van der Waals surface area contributed by atoms with Gasteiger partial charge in [0.2, 0.25) is 5.78 Å². The molecule has 1 aromatic rings. The van der Waals surface area contributed by atoms with E-state index in [1.54, 1.807) is 13.2 Å². The van der Waals surface area contributed by atoms with E-state index in [0.717, 1.165) is 6.42 Å². The summed E-state index contributed by atoms with van der Waals surface area (Å²) in [7, 11) is 5.26. The summed E-state index contributed by atoms with van der Waals surface area (Å²) in [6.45, 7) is 0. The summed E-state index contributed by atoms with van der Waals surface area (Å²) >= 11 is 0. The van der Waals surface area contributed by atoms with Gasteiger partial charge in [-0.05, 0) is 19.3 Å². The Balaban J connectivity index is 2.53. The number of aryl methyl sites for hydroxylation is 1. The molecule has 0 fully saturated rings. The first-order valence-electron chi connectivity index (χ1n) is 6.12. The fourth-order valence-corrected chi connectivity index (χ4v) is 2.41. The molecule has 0 saturated heterocycles. The maximum absolute atomic E-state index is 12.4. The van der Waals surface area contributed by atoms with E-state index in [-0.39, 0.29) is 17.2 Å². The van der Waals surface area contributed by atoms with Crippen LogP contribution < -0.4 is 0 Å². The third-order valence-corrected chi connectivity index (χ3v) is 3.14. The molecule has 0 unspecified atom stereocenters. The highest BCUT2D eigenvalue weighted by atomic mass is 16.4. The number of hydrogen-bond acceptors (Lipinski definition) is 4. The zero-order valence-corrected chi connectivity index (χ0v) is 11.3. The van der Waals surface area contributed by atoms with E-state index in [2.05, 4.69) is 5.10 Å². The highest BCUT2D eigenvalue weighted by molar-refractivity contribution is 6.10. The molecule has 102 valence electrons. The summed E-state index contributed by atoms with van der Waals surface area (Å²) in [4.78, 5) is 25.5. The van der Waals surface area contributed by atoms with Crippen molar-refractivity contribution in [1.29, 1.82) is 0 Å². The number of nitrogens with zero attached hydrogens (tertiary/aromatic N) is 3. The van der Waals surface area contributed by atoms with Crippen LogP contribution in [0.3, 0.4) is 0 Å². The monoisotopic (exact) mass is 263 g/mol. The Bertz CT molecular complexity index is 570. The van der Waals surface area contributed by atoms with Gasteiger partial charge in [0.05, 0.1) is 0 Å². The SMILES string of the molecule is CN(C)C=C1CCCc2c(nn(C)c2C(=O)O)C1=O. The molecule has 6 nitrogen and oxygen atoms in total. The smallest absolute Gasteiger partial charge is 0.354 e. The van der Waals surface area contributed by atoms with Crippen LogP contribution in [-0.2, 0) is 13.5 Å². The summed E-state index contributed by atoms with van der Waals surface area (Å²) in [6.07, 6.45) is 3.76. The number of aromatic carboxylic acids is 1. The lowest BCUT2D eigenvalue weighted by Gasteiger charge is -2.08. The Morgan fingerprint density at radius 2 is 2.11 bits per heavy atom. The fraction of sp³-hybridized carbons (Fsp3) is 0.462. The number of aromatic nitrogens is 2. The number of fused-ring (bicyclic) bond motifs is 1. The highest BCUT2D eigenvalue weighted by Crippen LogP contribution is 2.26. The third kappa shape index (κ3) is 2.38. The molecule has 0 bridgehead atoms. The molecule has 0 spiro atoms. The quantitative estimate of drug-likeness (QED) is 0.638. The van der Waals surface area contributed by atoms with Crippen molar-refractivity contribution in [3.8, 4) is 0 Å². The minimum Gasteiger partial charge on any atom is -0.477 e. The van der Waals surface area contributed by atoms with Crippen LogP contribution in [0.4, 0.5) is 0 Å². The average Bonchev–Trinajstić information content (AvgIpc) is 2.56. The number of hydrogen-bond donors (Lipinski definition) is 1. The van der Waals surface area contributed by atoms with E-state index in [0.29, 0.717) is 24.0 Å². The minimum atomic E-state index is -1.04. The second-order valence-electron chi connectivity index (χ2n) is 4.91. The van der Waals surface area contributed by atoms with Crippen molar-refractivity contribution in [3.63, 3.8) is 0 Å². The number of carbonyl (C=O) groups is 2. The van der Waals surface area contributed by atoms with Crippen LogP contribution in [0.5, 0.6) is 0 Å². The Hall–Kier alpha value is -2.11. The van der Waals surface area contributed by atoms with Gasteiger partial charge in [0.25, 0.3) is 0 Å². The van der Waals surface area contributed by atoms with Crippen molar-refractivity contribution in [2.75, 3.05) is 14.1 Å². The van der Waals surface area contributed by atoms with E-state index < -0.39 is 5.97 Å². The van der Waals surface area contributed by atoms with Crippen LogP contribution in [0.2, 0.25) is 0 Å². The lowest BCUT2D eigenvalue weighted by atomic mass is 10.1. The zero-order valence-electron chi connectivity index (χ0n) is 11.3.